The van der Waals surface area contributed by atoms with E-state index in [0.717, 1.165) is 35.5 Å². The van der Waals surface area contributed by atoms with E-state index in [1.165, 1.54) is 7.11 Å². The Hall–Kier alpha value is -3.98. The maximum atomic E-state index is 13.9. The average molecular weight is 591 g/mol. The van der Waals surface area contributed by atoms with Crippen molar-refractivity contribution in [1.29, 1.82) is 0 Å². The molecular formula is C26H29F3N8O3S. The highest BCUT2D eigenvalue weighted by Gasteiger charge is 2.38. The molecule has 1 saturated heterocycles. The van der Waals surface area contributed by atoms with E-state index in [2.05, 4.69) is 30.6 Å². The fourth-order valence-corrected chi connectivity index (χ4v) is 5.28. The summed E-state index contributed by atoms with van der Waals surface area (Å²) in [5.41, 5.74) is -1.72. The van der Waals surface area contributed by atoms with Crippen molar-refractivity contribution in [3.05, 3.63) is 75.4 Å². The Kier molecular flexibility index (Phi) is 8.54. The Balaban J connectivity index is 1.17. The van der Waals surface area contributed by atoms with E-state index in [4.69, 9.17) is 9.47 Å². The smallest absolute Gasteiger partial charge is 0.423 e. The lowest BCUT2D eigenvalue weighted by atomic mass is 10.2. The molecule has 0 radical (unpaired) electrons. The Morgan fingerprint density at radius 1 is 1.24 bits per heavy atom. The van der Waals surface area contributed by atoms with Gasteiger partial charge in [0.25, 0.3) is 5.56 Å². The van der Waals surface area contributed by atoms with E-state index in [1.807, 2.05) is 16.3 Å². The van der Waals surface area contributed by atoms with Crippen LogP contribution in [0, 0.1) is 0 Å². The number of nitrogens with zero attached hydrogens (tertiary/aromatic N) is 7. The number of rotatable bonds is 11. The van der Waals surface area contributed by atoms with E-state index in [-0.39, 0.29) is 25.8 Å². The Morgan fingerprint density at radius 3 is 2.76 bits per heavy atom. The molecule has 3 aromatic heterocycles. The third-order valence-electron chi connectivity index (χ3n) is 6.62. The summed E-state index contributed by atoms with van der Waals surface area (Å²) in [5, 5.41) is 18.0. The van der Waals surface area contributed by atoms with Gasteiger partial charge in [-0.25, -0.2) is 14.3 Å². The molecule has 0 saturated carbocycles. The summed E-state index contributed by atoms with van der Waals surface area (Å²) in [6.45, 7) is 3.42. The first kappa shape index (κ1) is 28.5. The number of methoxy groups -OCH3 is 1. The lowest BCUT2D eigenvalue weighted by Gasteiger charge is -2.19. The molecule has 4 aromatic rings. The van der Waals surface area contributed by atoms with Gasteiger partial charge in [0.05, 0.1) is 51.0 Å². The van der Waals surface area contributed by atoms with Crippen LogP contribution in [0.5, 0.6) is 5.75 Å². The van der Waals surface area contributed by atoms with Crippen LogP contribution in [0.15, 0.2) is 53.0 Å². The predicted octanol–water partition coefficient (Wildman–Crippen LogP) is 3.84. The van der Waals surface area contributed by atoms with Crippen molar-refractivity contribution in [2.24, 2.45) is 0 Å². The van der Waals surface area contributed by atoms with Crippen molar-refractivity contribution in [2.45, 2.75) is 44.8 Å². The van der Waals surface area contributed by atoms with E-state index < -0.39 is 29.0 Å². The van der Waals surface area contributed by atoms with Crippen LogP contribution in [-0.4, -0.2) is 62.6 Å². The van der Waals surface area contributed by atoms with Gasteiger partial charge in [0.2, 0.25) is 0 Å². The molecule has 0 amide bonds. The number of ether oxygens (including phenoxy) is 2. The number of hydrogen-bond donors (Lipinski definition) is 1. The zero-order valence-electron chi connectivity index (χ0n) is 22.4. The van der Waals surface area contributed by atoms with Crippen LogP contribution >= 0.6 is 11.3 Å². The minimum Gasteiger partial charge on any atom is -0.497 e. The standard InChI is InChI=1S/C26H29F3N8O3S/c1-17(15-40-16-19-13-36(34-33-19)20-7-9-35(14-20)25-30-8-10-41-25)32-22-11-31-37(24(38)23(22)26(27,28)29)12-18-3-5-21(39-2)6-4-18/h3-6,8,10-11,13,17,20,32H,7,9,12,14-16H2,1-2H3. The fourth-order valence-electron chi connectivity index (χ4n) is 4.60. The number of anilines is 2. The molecule has 0 bridgehead atoms. The van der Waals surface area contributed by atoms with E-state index in [1.54, 1.807) is 48.7 Å². The molecule has 11 nitrogen and oxygen atoms in total. The molecular weight excluding hydrogens is 561 g/mol. The van der Waals surface area contributed by atoms with Gasteiger partial charge in [-0.1, -0.05) is 17.3 Å². The molecule has 0 spiro atoms. The molecule has 15 heteroatoms. The van der Waals surface area contributed by atoms with Gasteiger partial charge in [0, 0.05) is 30.7 Å². The van der Waals surface area contributed by atoms with Gasteiger partial charge in [-0.05, 0) is 31.0 Å². The van der Waals surface area contributed by atoms with Crippen molar-refractivity contribution in [3.63, 3.8) is 0 Å². The molecule has 0 aliphatic carbocycles. The summed E-state index contributed by atoms with van der Waals surface area (Å²) in [5.74, 6) is 0.596. The highest BCUT2D eigenvalue weighted by molar-refractivity contribution is 7.13. The van der Waals surface area contributed by atoms with Crippen molar-refractivity contribution in [3.8, 4) is 5.75 Å². The first-order valence-electron chi connectivity index (χ1n) is 12.9. The molecule has 1 aliphatic rings. The molecule has 2 unspecified atom stereocenters. The first-order valence-corrected chi connectivity index (χ1v) is 13.8. The van der Waals surface area contributed by atoms with Crippen LogP contribution in [0.3, 0.4) is 0 Å². The summed E-state index contributed by atoms with van der Waals surface area (Å²) in [6, 6.07) is 6.27. The third-order valence-corrected chi connectivity index (χ3v) is 7.46. The Morgan fingerprint density at radius 2 is 2.05 bits per heavy atom. The topological polar surface area (TPSA) is 112 Å². The summed E-state index contributed by atoms with van der Waals surface area (Å²) >= 11 is 1.60. The fraction of sp³-hybridized carbons (Fsp3) is 0.423. The van der Waals surface area contributed by atoms with Gasteiger partial charge in [0.15, 0.2) is 5.13 Å². The summed E-state index contributed by atoms with van der Waals surface area (Å²) in [7, 11) is 1.51. The highest BCUT2D eigenvalue weighted by atomic mass is 32.1. The van der Waals surface area contributed by atoms with E-state index >= 15 is 0 Å². The minimum absolute atomic E-state index is 0.0698. The number of alkyl halides is 3. The van der Waals surface area contributed by atoms with Crippen molar-refractivity contribution < 1.29 is 22.6 Å². The normalized spacial score (nSPS) is 16.2. The maximum Gasteiger partial charge on any atom is 0.423 e. The highest BCUT2D eigenvalue weighted by Crippen LogP contribution is 2.32. The second-order valence-corrected chi connectivity index (χ2v) is 10.6. The number of halogens is 3. The summed E-state index contributed by atoms with van der Waals surface area (Å²) in [4.78, 5) is 19.4. The van der Waals surface area contributed by atoms with Crippen molar-refractivity contribution in [2.75, 3.05) is 37.0 Å². The van der Waals surface area contributed by atoms with Crippen LogP contribution in [0.25, 0.3) is 0 Å². The third kappa shape index (κ3) is 6.85. The first-order chi connectivity index (χ1) is 19.7. The molecule has 41 heavy (non-hydrogen) atoms. The Labute approximate surface area is 237 Å². The largest absolute Gasteiger partial charge is 0.497 e. The molecule has 2 atom stereocenters. The predicted molar refractivity (Wildman–Crippen MR) is 146 cm³/mol. The monoisotopic (exact) mass is 590 g/mol. The van der Waals surface area contributed by atoms with Gasteiger partial charge < -0.3 is 19.7 Å². The summed E-state index contributed by atoms with van der Waals surface area (Å²) in [6.07, 6.45) is 0.665. The lowest BCUT2D eigenvalue weighted by molar-refractivity contribution is -0.138. The molecule has 1 fully saturated rings. The van der Waals surface area contributed by atoms with E-state index in [0.29, 0.717) is 17.0 Å². The minimum atomic E-state index is -4.88. The number of benzene rings is 1. The Bertz CT molecular complexity index is 1490. The van der Waals surface area contributed by atoms with Crippen molar-refractivity contribution >= 4 is 22.2 Å². The molecule has 218 valence electrons. The van der Waals surface area contributed by atoms with Gasteiger partial charge in [-0.3, -0.25) is 4.79 Å². The van der Waals surface area contributed by atoms with Crippen LogP contribution in [-0.2, 0) is 24.1 Å². The maximum absolute atomic E-state index is 13.9. The van der Waals surface area contributed by atoms with Crippen molar-refractivity contribution in [1.82, 2.24) is 29.8 Å². The molecule has 4 heterocycles. The van der Waals surface area contributed by atoms with Gasteiger partial charge in [-0.15, -0.1) is 16.4 Å². The zero-order chi connectivity index (χ0) is 29.0. The van der Waals surface area contributed by atoms with Crippen LogP contribution < -0.4 is 20.5 Å². The second kappa shape index (κ2) is 12.3. The number of nitrogens with one attached hydrogen (secondary N) is 1. The number of thiazole rings is 1. The van der Waals surface area contributed by atoms with Crippen LogP contribution in [0.1, 0.15) is 36.2 Å². The molecule has 5 rings (SSSR count). The molecule has 1 aromatic carbocycles. The summed E-state index contributed by atoms with van der Waals surface area (Å²) < 4.78 is 55.2. The lowest BCUT2D eigenvalue weighted by Crippen LogP contribution is -2.34. The van der Waals surface area contributed by atoms with E-state index in [9.17, 15) is 18.0 Å². The molecule has 1 N–H and O–H groups in total. The second-order valence-electron chi connectivity index (χ2n) is 9.70. The number of aromatic nitrogens is 6. The van der Waals surface area contributed by atoms with Crippen LogP contribution in [0.4, 0.5) is 24.0 Å². The van der Waals surface area contributed by atoms with Gasteiger partial charge in [0.1, 0.15) is 17.0 Å². The zero-order valence-corrected chi connectivity index (χ0v) is 23.2. The quantitative estimate of drug-likeness (QED) is 0.279. The van der Waals surface area contributed by atoms with Crippen LogP contribution in [0.2, 0.25) is 0 Å². The van der Waals surface area contributed by atoms with Gasteiger partial charge >= 0.3 is 6.18 Å². The molecule has 1 aliphatic heterocycles. The average Bonchev–Trinajstić information content (AvgIpc) is 3.72. The number of hydrogen-bond acceptors (Lipinski definition) is 10. The van der Waals surface area contributed by atoms with Gasteiger partial charge in [-0.2, -0.15) is 18.3 Å². The SMILES string of the molecule is COc1ccc(Cn2ncc(NC(C)COCc3cn(C4CCN(c5nccs5)C4)nn3)c(C(F)(F)F)c2=O)cc1.